The molecular formula is C21H12Cl2N2O3. The third-order valence-corrected chi connectivity index (χ3v) is 5.08. The Labute approximate surface area is 170 Å². The summed E-state index contributed by atoms with van der Waals surface area (Å²) in [5, 5.41) is 3.38. The molecule has 3 amide bonds. The van der Waals surface area contributed by atoms with Gasteiger partial charge in [0.15, 0.2) is 0 Å². The van der Waals surface area contributed by atoms with E-state index in [1.807, 2.05) is 0 Å². The topological polar surface area (TPSA) is 66.5 Å². The number of fused-ring (bicyclic) bond motifs is 1. The molecule has 7 heteroatoms. The molecule has 1 aliphatic heterocycles. The molecule has 0 aliphatic carbocycles. The zero-order chi connectivity index (χ0) is 19.8. The van der Waals surface area contributed by atoms with E-state index in [0.717, 1.165) is 4.90 Å². The average Bonchev–Trinajstić information content (AvgIpc) is 2.95. The summed E-state index contributed by atoms with van der Waals surface area (Å²) in [4.78, 5) is 39.0. The van der Waals surface area contributed by atoms with Gasteiger partial charge in [-0.25, -0.2) is 4.90 Å². The molecule has 0 aromatic heterocycles. The molecule has 0 spiro atoms. The lowest BCUT2D eigenvalue weighted by Crippen LogP contribution is -2.29. The maximum Gasteiger partial charge on any atom is 0.266 e. The number of imide groups is 1. The number of amides is 3. The third kappa shape index (κ3) is 3.15. The van der Waals surface area contributed by atoms with E-state index >= 15 is 0 Å². The summed E-state index contributed by atoms with van der Waals surface area (Å²) in [6, 6.07) is 17.8. The van der Waals surface area contributed by atoms with E-state index in [9.17, 15) is 14.4 Å². The largest absolute Gasteiger partial charge is 0.322 e. The van der Waals surface area contributed by atoms with E-state index < -0.39 is 17.7 Å². The first-order chi connectivity index (χ1) is 13.5. The lowest BCUT2D eigenvalue weighted by atomic mass is 10.1. The monoisotopic (exact) mass is 410 g/mol. The standard InChI is InChI=1S/C21H12Cl2N2O3/c22-17-9-7-13(11-18(17)23)24-19(26)12-6-8-15-16(10-12)21(28)25(20(15)27)14-4-2-1-3-5-14/h1-11H,(H,24,26). The van der Waals surface area contributed by atoms with Gasteiger partial charge in [-0.05, 0) is 48.5 Å². The van der Waals surface area contributed by atoms with Crippen molar-refractivity contribution in [3.8, 4) is 0 Å². The summed E-state index contributed by atoms with van der Waals surface area (Å²) in [7, 11) is 0. The molecule has 1 aliphatic rings. The number of carbonyl (C=O) groups is 3. The molecule has 0 fully saturated rings. The van der Waals surface area contributed by atoms with Gasteiger partial charge in [0, 0.05) is 11.3 Å². The molecule has 28 heavy (non-hydrogen) atoms. The van der Waals surface area contributed by atoms with Crippen LogP contribution in [0.5, 0.6) is 0 Å². The van der Waals surface area contributed by atoms with Crippen LogP contribution in [0, 0.1) is 0 Å². The summed E-state index contributed by atoms with van der Waals surface area (Å²) in [6.07, 6.45) is 0. The molecule has 0 radical (unpaired) electrons. The highest BCUT2D eigenvalue weighted by molar-refractivity contribution is 6.42. The first kappa shape index (κ1) is 18.2. The highest BCUT2D eigenvalue weighted by Crippen LogP contribution is 2.29. The number of halogens is 2. The molecule has 4 rings (SSSR count). The van der Waals surface area contributed by atoms with Crippen LogP contribution in [0.25, 0.3) is 0 Å². The number of nitrogens with zero attached hydrogens (tertiary/aromatic N) is 1. The van der Waals surface area contributed by atoms with Crippen LogP contribution in [0.3, 0.4) is 0 Å². The van der Waals surface area contributed by atoms with Crippen LogP contribution < -0.4 is 10.2 Å². The number of carbonyl (C=O) groups excluding carboxylic acids is 3. The Balaban J connectivity index is 1.62. The fourth-order valence-electron chi connectivity index (χ4n) is 2.97. The summed E-state index contributed by atoms with van der Waals surface area (Å²) >= 11 is 11.8. The number of anilines is 2. The first-order valence-corrected chi connectivity index (χ1v) is 9.05. The summed E-state index contributed by atoms with van der Waals surface area (Å²) in [5.74, 6) is -1.31. The van der Waals surface area contributed by atoms with Gasteiger partial charge >= 0.3 is 0 Å². The van der Waals surface area contributed by atoms with Crippen molar-refractivity contribution in [3.05, 3.63) is 93.5 Å². The Hall–Kier alpha value is -3.15. The van der Waals surface area contributed by atoms with E-state index in [4.69, 9.17) is 23.2 Å². The van der Waals surface area contributed by atoms with Crippen molar-refractivity contribution in [3.63, 3.8) is 0 Å². The second-order valence-corrected chi connectivity index (χ2v) is 6.94. The van der Waals surface area contributed by atoms with Crippen molar-refractivity contribution in [2.24, 2.45) is 0 Å². The Morgan fingerprint density at radius 1 is 0.786 bits per heavy atom. The maximum absolute atomic E-state index is 12.8. The van der Waals surface area contributed by atoms with Gasteiger partial charge in [-0.1, -0.05) is 41.4 Å². The van der Waals surface area contributed by atoms with Crippen molar-refractivity contribution < 1.29 is 14.4 Å². The van der Waals surface area contributed by atoms with Crippen LogP contribution in [0.4, 0.5) is 11.4 Å². The minimum Gasteiger partial charge on any atom is -0.322 e. The molecule has 3 aromatic rings. The molecule has 0 saturated carbocycles. The van der Waals surface area contributed by atoms with E-state index in [0.29, 0.717) is 21.4 Å². The minimum absolute atomic E-state index is 0.190. The molecule has 1 N–H and O–H groups in total. The van der Waals surface area contributed by atoms with E-state index in [-0.39, 0.29) is 16.7 Å². The van der Waals surface area contributed by atoms with Crippen LogP contribution in [0.2, 0.25) is 10.0 Å². The number of rotatable bonds is 3. The van der Waals surface area contributed by atoms with Crippen molar-refractivity contribution in [1.82, 2.24) is 0 Å². The van der Waals surface area contributed by atoms with Crippen LogP contribution in [-0.4, -0.2) is 17.7 Å². The fourth-order valence-corrected chi connectivity index (χ4v) is 3.27. The third-order valence-electron chi connectivity index (χ3n) is 4.34. The molecule has 1 heterocycles. The van der Waals surface area contributed by atoms with Crippen LogP contribution in [0.1, 0.15) is 31.1 Å². The Kier molecular flexibility index (Phi) is 4.63. The lowest BCUT2D eigenvalue weighted by molar-refractivity contribution is 0.0925. The minimum atomic E-state index is -0.463. The van der Waals surface area contributed by atoms with Gasteiger partial charge in [-0.2, -0.15) is 0 Å². The lowest BCUT2D eigenvalue weighted by Gasteiger charge is -2.13. The number of benzene rings is 3. The zero-order valence-electron chi connectivity index (χ0n) is 14.3. The summed E-state index contributed by atoms with van der Waals surface area (Å²) in [6.45, 7) is 0. The van der Waals surface area contributed by atoms with Crippen molar-refractivity contribution in [1.29, 1.82) is 0 Å². The van der Waals surface area contributed by atoms with Gasteiger partial charge in [0.05, 0.1) is 26.9 Å². The van der Waals surface area contributed by atoms with Gasteiger partial charge < -0.3 is 5.32 Å². The van der Waals surface area contributed by atoms with Gasteiger partial charge in [-0.15, -0.1) is 0 Å². The van der Waals surface area contributed by atoms with E-state index in [1.165, 1.54) is 24.3 Å². The highest BCUT2D eigenvalue weighted by Gasteiger charge is 2.37. The second-order valence-electron chi connectivity index (χ2n) is 6.12. The molecule has 0 atom stereocenters. The van der Waals surface area contributed by atoms with Gasteiger partial charge in [-0.3, -0.25) is 14.4 Å². The predicted octanol–water partition coefficient (Wildman–Crippen LogP) is 5.05. The first-order valence-electron chi connectivity index (χ1n) is 8.30. The van der Waals surface area contributed by atoms with Crippen LogP contribution in [-0.2, 0) is 0 Å². The summed E-state index contributed by atoms with van der Waals surface area (Å²) in [5.41, 5.74) is 1.65. The number of hydrogen-bond donors (Lipinski definition) is 1. The van der Waals surface area contributed by atoms with Crippen LogP contribution in [0.15, 0.2) is 66.7 Å². The Morgan fingerprint density at radius 2 is 1.50 bits per heavy atom. The van der Waals surface area contributed by atoms with Crippen LogP contribution >= 0.6 is 23.2 Å². The zero-order valence-corrected chi connectivity index (χ0v) is 15.8. The van der Waals surface area contributed by atoms with Gasteiger partial charge in [0.2, 0.25) is 0 Å². The quantitative estimate of drug-likeness (QED) is 0.614. The summed E-state index contributed by atoms with van der Waals surface area (Å²) < 4.78 is 0. The maximum atomic E-state index is 12.8. The fraction of sp³-hybridized carbons (Fsp3) is 0. The smallest absolute Gasteiger partial charge is 0.266 e. The number of hydrogen-bond acceptors (Lipinski definition) is 3. The van der Waals surface area contributed by atoms with Crippen molar-refractivity contribution in [2.45, 2.75) is 0 Å². The molecule has 0 unspecified atom stereocenters. The van der Waals surface area contributed by atoms with E-state index in [1.54, 1.807) is 42.5 Å². The van der Waals surface area contributed by atoms with Gasteiger partial charge in [0.25, 0.3) is 17.7 Å². The Morgan fingerprint density at radius 3 is 2.21 bits per heavy atom. The second kappa shape index (κ2) is 7.11. The normalized spacial score (nSPS) is 12.9. The SMILES string of the molecule is O=C(Nc1ccc(Cl)c(Cl)c1)c1ccc2c(c1)C(=O)N(c1ccccc1)C2=O. The molecule has 5 nitrogen and oxygen atoms in total. The molecular weight excluding hydrogens is 399 g/mol. The number of nitrogens with one attached hydrogen (secondary N) is 1. The number of para-hydroxylation sites is 1. The van der Waals surface area contributed by atoms with Crippen molar-refractivity contribution >= 4 is 52.3 Å². The Bertz CT molecular complexity index is 1130. The molecule has 0 saturated heterocycles. The van der Waals surface area contributed by atoms with E-state index in [2.05, 4.69) is 5.32 Å². The highest BCUT2D eigenvalue weighted by atomic mass is 35.5. The molecule has 3 aromatic carbocycles. The van der Waals surface area contributed by atoms with Crippen molar-refractivity contribution in [2.75, 3.05) is 10.2 Å². The molecule has 0 bridgehead atoms. The predicted molar refractivity (Wildman–Crippen MR) is 108 cm³/mol. The average molecular weight is 411 g/mol. The molecule has 138 valence electrons. The van der Waals surface area contributed by atoms with Gasteiger partial charge in [0.1, 0.15) is 0 Å².